The number of unbranched alkanes of at least 4 members (excludes halogenated alkanes) is 1. The highest BCUT2D eigenvalue weighted by Gasteiger charge is 2.22. The number of rotatable bonds is 6. The SMILES string of the molecule is CCC/C=C\N(NC(C)C)C1CCC1. The van der Waals surface area contributed by atoms with Crippen molar-refractivity contribution in [3.8, 4) is 0 Å². The summed E-state index contributed by atoms with van der Waals surface area (Å²) in [4.78, 5) is 0. The Morgan fingerprint density at radius 3 is 2.57 bits per heavy atom. The lowest BCUT2D eigenvalue weighted by Crippen LogP contribution is -2.48. The fourth-order valence-electron chi connectivity index (χ4n) is 1.59. The van der Waals surface area contributed by atoms with Crippen LogP contribution in [0, 0.1) is 0 Å². The highest BCUT2D eigenvalue weighted by atomic mass is 15.5. The van der Waals surface area contributed by atoms with Crippen molar-refractivity contribution in [1.82, 2.24) is 10.4 Å². The Morgan fingerprint density at radius 2 is 2.14 bits per heavy atom. The van der Waals surface area contributed by atoms with Gasteiger partial charge in [-0.15, -0.1) is 0 Å². The molecule has 1 saturated carbocycles. The van der Waals surface area contributed by atoms with Gasteiger partial charge in [0.05, 0.1) is 0 Å². The van der Waals surface area contributed by atoms with E-state index in [4.69, 9.17) is 0 Å². The molecule has 0 saturated heterocycles. The second-order valence-corrected chi connectivity index (χ2v) is 4.45. The van der Waals surface area contributed by atoms with E-state index in [0.717, 1.165) is 6.04 Å². The van der Waals surface area contributed by atoms with Crippen molar-refractivity contribution in [3.63, 3.8) is 0 Å². The lowest BCUT2D eigenvalue weighted by atomic mass is 9.93. The van der Waals surface area contributed by atoms with Crippen LogP contribution in [0.2, 0.25) is 0 Å². The van der Waals surface area contributed by atoms with Gasteiger partial charge in [-0.05, 0) is 39.5 Å². The van der Waals surface area contributed by atoms with Crippen molar-refractivity contribution < 1.29 is 0 Å². The molecule has 0 spiro atoms. The Bertz CT molecular complexity index is 171. The third-order valence-corrected chi connectivity index (χ3v) is 2.60. The zero-order chi connectivity index (χ0) is 10.4. The summed E-state index contributed by atoms with van der Waals surface area (Å²) in [6, 6.07) is 1.27. The van der Waals surface area contributed by atoms with Gasteiger partial charge in [-0.2, -0.15) is 0 Å². The van der Waals surface area contributed by atoms with Crippen molar-refractivity contribution in [2.24, 2.45) is 0 Å². The average molecular weight is 196 g/mol. The minimum atomic E-state index is 0.530. The van der Waals surface area contributed by atoms with E-state index in [-0.39, 0.29) is 0 Å². The van der Waals surface area contributed by atoms with Crippen molar-refractivity contribution >= 4 is 0 Å². The Hall–Kier alpha value is -0.500. The lowest BCUT2D eigenvalue weighted by Gasteiger charge is -2.38. The van der Waals surface area contributed by atoms with Gasteiger partial charge in [-0.25, -0.2) is 5.43 Å². The van der Waals surface area contributed by atoms with Crippen LogP contribution in [0.3, 0.4) is 0 Å². The van der Waals surface area contributed by atoms with Crippen molar-refractivity contribution in [2.45, 2.75) is 65.0 Å². The molecule has 82 valence electrons. The van der Waals surface area contributed by atoms with E-state index in [0.29, 0.717) is 6.04 Å². The summed E-state index contributed by atoms with van der Waals surface area (Å²) >= 11 is 0. The second kappa shape index (κ2) is 6.07. The molecule has 0 aromatic heterocycles. The highest BCUT2D eigenvalue weighted by molar-refractivity contribution is 4.88. The molecule has 0 atom stereocenters. The number of nitrogens with zero attached hydrogens (tertiary/aromatic N) is 1. The number of hydrogen-bond donors (Lipinski definition) is 1. The van der Waals surface area contributed by atoms with E-state index in [1.54, 1.807) is 0 Å². The average Bonchev–Trinajstić information content (AvgIpc) is 2.00. The van der Waals surface area contributed by atoms with Crippen molar-refractivity contribution in [1.29, 1.82) is 0 Å². The molecule has 14 heavy (non-hydrogen) atoms. The Kier molecular flexibility index (Phi) is 5.02. The zero-order valence-electron chi connectivity index (χ0n) is 9.79. The summed E-state index contributed by atoms with van der Waals surface area (Å²) in [5.41, 5.74) is 3.49. The Balaban J connectivity index is 2.35. The standard InChI is InChI=1S/C12H24N2/c1-4-5-6-10-14(13-11(2)3)12-8-7-9-12/h6,10-13H,4-5,7-9H2,1-3H3/b10-6-. The maximum Gasteiger partial charge on any atom is 0.0448 e. The summed E-state index contributed by atoms with van der Waals surface area (Å²) in [5.74, 6) is 0. The van der Waals surface area contributed by atoms with Gasteiger partial charge < -0.3 is 5.01 Å². The van der Waals surface area contributed by atoms with E-state index in [9.17, 15) is 0 Å². The van der Waals surface area contributed by atoms with Gasteiger partial charge in [0.15, 0.2) is 0 Å². The number of hydrogen-bond acceptors (Lipinski definition) is 2. The molecule has 0 amide bonds. The lowest BCUT2D eigenvalue weighted by molar-refractivity contribution is 0.113. The smallest absolute Gasteiger partial charge is 0.0448 e. The molecule has 1 N–H and O–H groups in total. The number of hydrazine groups is 1. The first-order chi connectivity index (χ1) is 6.74. The normalized spacial score (nSPS) is 17.7. The molecule has 0 unspecified atom stereocenters. The summed E-state index contributed by atoms with van der Waals surface area (Å²) < 4.78 is 0. The maximum atomic E-state index is 3.49. The molecule has 1 aliphatic rings. The molecule has 1 fully saturated rings. The second-order valence-electron chi connectivity index (χ2n) is 4.45. The molecule has 2 heteroatoms. The van der Waals surface area contributed by atoms with Crippen LogP contribution in [-0.4, -0.2) is 17.1 Å². The third-order valence-electron chi connectivity index (χ3n) is 2.60. The van der Waals surface area contributed by atoms with E-state index < -0.39 is 0 Å². The first kappa shape index (κ1) is 11.6. The van der Waals surface area contributed by atoms with Crippen LogP contribution in [0.5, 0.6) is 0 Å². The topological polar surface area (TPSA) is 15.3 Å². The van der Waals surface area contributed by atoms with Crippen LogP contribution >= 0.6 is 0 Å². The molecule has 1 rings (SSSR count). The maximum absolute atomic E-state index is 3.49. The highest BCUT2D eigenvalue weighted by Crippen LogP contribution is 2.23. The summed E-state index contributed by atoms with van der Waals surface area (Å²) in [6.45, 7) is 6.60. The fraction of sp³-hybridized carbons (Fsp3) is 0.833. The zero-order valence-corrected chi connectivity index (χ0v) is 9.79. The van der Waals surface area contributed by atoms with Gasteiger partial charge in [-0.3, -0.25) is 0 Å². The van der Waals surface area contributed by atoms with Gasteiger partial charge in [0.2, 0.25) is 0 Å². The van der Waals surface area contributed by atoms with Crippen LogP contribution in [0.15, 0.2) is 12.3 Å². The predicted molar refractivity (Wildman–Crippen MR) is 61.8 cm³/mol. The molecule has 1 aliphatic carbocycles. The largest absolute Gasteiger partial charge is 0.313 e. The fourth-order valence-corrected chi connectivity index (χ4v) is 1.59. The van der Waals surface area contributed by atoms with Crippen LogP contribution in [0.4, 0.5) is 0 Å². The quantitative estimate of drug-likeness (QED) is 0.657. The molecule has 0 aromatic rings. The van der Waals surface area contributed by atoms with Gasteiger partial charge in [0.1, 0.15) is 0 Å². The number of nitrogens with one attached hydrogen (secondary N) is 1. The van der Waals surface area contributed by atoms with Crippen LogP contribution in [-0.2, 0) is 0 Å². The molecule has 0 radical (unpaired) electrons. The summed E-state index contributed by atoms with van der Waals surface area (Å²) in [6.07, 6.45) is 11.0. The molecule has 0 heterocycles. The predicted octanol–water partition coefficient (Wildman–Crippen LogP) is 3.07. The van der Waals surface area contributed by atoms with Crippen molar-refractivity contribution in [2.75, 3.05) is 0 Å². The minimum absolute atomic E-state index is 0.530. The Morgan fingerprint density at radius 1 is 1.43 bits per heavy atom. The molecule has 0 aliphatic heterocycles. The van der Waals surface area contributed by atoms with Crippen molar-refractivity contribution in [3.05, 3.63) is 12.3 Å². The van der Waals surface area contributed by atoms with E-state index >= 15 is 0 Å². The van der Waals surface area contributed by atoms with E-state index in [1.807, 2.05) is 0 Å². The van der Waals surface area contributed by atoms with E-state index in [2.05, 4.69) is 43.5 Å². The van der Waals surface area contributed by atoms with E-state index in [1.165, 1.54) is 32.1 Å². The number of allylic oxidation sites excluding steroid dienone is 1. The first-order valence-electron chi connectivity index (χ1n) is 5.95. The minimum Gasteiger partial charge on any atom is -0.313 e. The molecule has 0 aromatic carbocycles. The molecular formula is C12H24N2. The van der Waals surface area contributed by atoms with Gasteiger partial charge in [0, 0.05) is 18.3 Å². The molecular weight excluding hydrogens is 172 g/mol. The molecule has 2 nitrogen and oxygen atoms in total. The monoisotopic (exact) mass is 196 g/mol. The summed E-state index contributed by atoms with van der Waals surface area (Å²) in [5, 5.41) is 2.31. The van der Waals surface area contributed by atoms with Crippen LogP contribution in [0.1, 0.15) is 52.9 Å². The van der Waals surface area contributed by atoms with Gasteiger partial charge in [-0.1, -0.05) is 19.4 Å². The van der Waals surface area contributed by atoms with Crippen LogP contribution in [0.25, 0.3) is 0 Å². The van der Waals surface area contributed by atoms with Gasteiger partial charge >= 0.3 is 0 Å². The first-order valence-corrected chi connectivity index (χ1v) is 5.95. The summed E-state index contributed by atoms with van der Waals surface area (Å²) in [7, 11) is 0. The third kappa shape index (κ3) is 3.70. The Labute approximate surface area is 88.3 Å². The molecule has 0 bridgehead atoms. The van der Waals surface area contributed by atoms with Crippen LogP contribution < -0.4 is 5.43 Å². The van der Waals surface area contributed by atoms with Gasteiger partial charge in [0.25, 0.3) is 0 Å².